The summed E-state index contributed by atoms with van der Waals surface area (Å²) in [7, 11) is 0. The van der Waals surface area contributed by atoms with Crippen molar-refractivity contribution in [2.75, 3.05) is 31.5 Å². The predicted molar refractivity (Wildman–Crippen MR) is 147 cm³/mol. The van der Waals surface area contributed by atoms with Gasteiger partial charge in [0.2, 0.25) is 5.91 Å². The molecule has 2 aromatic carbocycles. The summed E-state index contributed by atoms with van der Waals surface area (Å²) in [6.07, 6.45) is 0.307. The van der Waals surface area contributed by atoms with Crippen LogP contribution in [0, 0.1) is 11.7 Å². The average molecular weight is 603 g/mol. The molecule has 0 aromatic heterocycles. The van der Waals surface area contributed by atoms with Gasteiger partial charge >= 0.3 is 12.2 Å². The molecule has 0 radical (unpaired) electrons. The zero-order valence-corrected chi connectivity index (χ0v) is 23.3. The van der Waals surface area contributed by atoms with Gasteiger partial charge in [0.15, 0.2) is 0 Å². The maximum absolute atomic E-state index is 13.4. The highest BCUT2D eigenvalue weighted by atomic mass is 35.5. The number of hydrogen-bond acceptors (Lipinski definition) is 3. The van der Waals surface area contributed by atoms with E-state index in [1.807, 2.05) is 12.1 Å². The van der Waals surface area contributed by atoms with Crippen molar-refractivity contribution in [2.45, 2.75) is 56.7 Å². The van der Waals surface area contributed by atoms with Gasteiger partial charge in [-0.15, -0.1) is 0 Å². The number of amides is 3. The molecular weight excluding hydrogens is 571 g/mol. The molecule has 0 unspecified atom stereocenters. The van der Waals surface area contributed by atoms with Crippen LogP contribution in [0.2, 0.25) is 10.0 Å². The van der Waals surface area contributed by atoms with E-state index in [2.05, 4.69) is 20.9 Å². The zero-order valence-electron chi connectivity index (χ0n) is 21.8. The Bertz CT molecular complexity index is 1210. The van der Waals surface area contributed by atoms with Gasteiger partial charge in [-0.05, 0) is 80.5 Å². The molecule has 2 aromatic rings. The van der Waals surface area contributed by atoms with Gasteiger partial charge in [0.1, 0.15) is 5.82 Å². The number of anilines is 1. The minimum absolute atomic E-state index is 0.0118. The predicted octanol–water partition coefficient (Wildman–Crippen LogP) is 6.83. The number of nitrogens with zero attached hydrogens (tertiary/aromatic N) is 1. The van der Waals surface area contributed by atoms with Crippen LogP contribution in [0.15, 0.2) is 36.4 Å². The Balaban J connectivity index is 1.05. The summed E-state index contributed by atoms with van der Waals surface area (Å²) >= 11 is 12.0. The fraction of sp³-hybridized carbons (Fsp3) is 0.500. The monoisotopic (exact) mass is 602 g/mol. The Morgan fingerprint density at radius 3 is 2.42 bits per heavy atom. The van der Waals surface area contributed by atoms with Crippen molar-refractivity contribution in [3.05, 3.63) is 63.4 Å². The number of halogens is 6. The fourth-order valence-electron chi connectivity index (χ4n) is 5.05. The molecule has 1 saturated heterocycles. The molecule has 2 atom stereocenters. The minimum Gasteiger partial charge on any atom is -0.356 e. The van der Waals surface area contributed by atoms with E-state index in [0.717, 1.165) is 69.8 Å². The molecular formula is C28H32Cl2F4N4O2. The van der Waals surface area contributed by atoms with E-state index in [9.17, 15) is 27.2 Å². The smallest absolute Gasteiger partial charge is 0.356 e. The van der Waals surface area contributed by atoms with Crippen LogP contribution >= 0.6 is 23.2 Å². The van der Waals surface area contributed by atoms with Crippen LogP contribution in [0.5, 0.6) is 0 Å². The molecule has 0 bridgehead atoms. The van der Waals surface area contributed by atoms with Gasteiger partial charge in [-0.1, -0.05) is 35.7 Å². The summed E-state index contributed by atoms with van der Waals surface area (Å²) in [5, 5.41) is 9.18. The Hall–Kier alpha value is -2.56. The van der Waals surface area contributed by atoms with E-state index in [1.54, 1.807) is 6.07 Å². The molecule has 0 spiro atoms. The number of benzene rings is 2. The van der Waals surface area contributed by atoms with Crippen LogP contribution in [0.4, 0.5) is 28.0 Å². The van der Waals surface area contributed by atoms with E-state index in [-0.39, 0.29) is 29.5 Å². The van der Waals surface area contributed by atoms with Gasteiger partial charge in [-0.2, -0.15) is 13.2 Å². The van der Waals surface area contributed by atoms with Crippen molar-refractivity contribution in [3.63, 3.8) is 0 Å². The summed E-state index contributed by atoms with van der Waals surface area (Å²) in [6.45, 7) is 3.16. The molecule has 4 rings (SSSR count). The first kappa shape index (κ1) is 30.4. The van der Waals surface area contributed by atoms with Crippen molar-refractivity contribution in [1.29, 1.82) is 0 Å². The zero-order chi connectivity index (χ0) is 28.9. The first-order valence-electron chi connectivity index (χ1n) is 13.4. The lowest BCUT2D eigenvalue weighted by molar-refractivity contribution is -0.140. The van der Waals surface area contributed by atoms with Crippen LogP contribution in [-0.4, -0.2) is 49.1 Å². The molecule has 40 heavy (non-hydrogen) atoms. The van der Waals surface area contributed by atoms with Crippen LogP contribution < -0.4 is 16.0 Å². The SMILES string of the molecule is O=C(Nc1ccc(F)c(C(F)(F)F)c1)NC1CCN(CCCCCNC(=O)[C@@H]2C[C@H]2c2ccc(Cl)c(Cl)c2)CC1. The van der Waals surface area contributed by atoms with Crippen molar-refractivity contribution < 1.29 is 27.2 Å². The quantitative estimate of drug-likeness (QED) is 0.206. The van der Waals surface area contributed by atoms with Crippen molar-refractivity contribution >= 4 is 40.8 Å². The van der Waals surface area contributed by atoms with Crippen molar-refractivity contribution in [1.82, 2.24) is 15.5 Å². The number of nitrogens with one attached hydrogen (secondary N) is 3. The molecule has 1 saturated carbocycles. The molecule has 1 heterocycles. The lowest BCUT2D eigenvalue weighted by atomic mass is 10.0. The number of rotatable bonds is 10. The summed E-state index contributed by atoms with van der Waals surface area (Å²) in [5.74, 6) is -1.12. The van der Waals surface area contributed by atoms with Crippen LogP contribution in [0.25, 0.3) is 0 Å². The average Bonchev–Trinajstić information content (AvgIpc) is 3.70. The summed E-state index contributed by atoms with van der Waals surface area (Å²) in [6, 6.07) is 7.17. The van der Waals surface area contributed by atoms with E-state index in [4.69, 9.17) is 23.2 Å². The van der Waals surface area contributed by atoms with E-state index < -0.39 is 23.6 Å². The van der Waals surface area contributed by atoms with Gasteiger partial charge in [0, 0.05) is 37.3 Å². The number of carbonyl (C=O) groups is 2. The highest BCUT2D eigenvalue weighted by Gasteiger charge is 2.43. The second-order valence-corrected chi connectivity index (χ2v) is 11.2. The lowest BCUT2D eigenvalue weighted by Gasteiger charge is -2.32. The third-order valence-electron chi connectivity index (χ3n) is 7.40. The highest BCUT2D eigenvalue weighted by Crippen LogP contribution is 2.48. The number of urea groups is 1. The third kappa shape index (κ3) is 8.47. The molecule has 218 valence electrons. The summed E-state index contributed by atoms with van der Waals surface area (Å²) < 4.78 is 52.1. The van der Waals surface area contributed by atoms with Gasteiger partial charge in [0.25, 0.3) is 0 Å². The molecule has 6 nitrogen and oxygen atoms in total. The minimum atomic E-state index is -4.84. The second-order valence-electron chi connectivity index (χ2n) is 10.4. The van der Waals surface area contributed by atoms with Gasteiger partial charge in [-0.3, -0.25) is 4.79 Å². The molecule has 1 aliphatic carbocycles. The summed E-state index contributed by atoms with van der Waals surface area (Å²) in [5.41, 5.74) is -0.498. The van der Waals surface area contributed by atoms with Crippen LogP contribution in [0.1, 0.15) is 55.6 Å². The number of piperidine rings is 1. The third-order valence-corrected chi connectivity index (χ3v) is 8.14. The first-order valence-corrected chi connectivity index (χ1v) is 14.2. The molecule has 1 aliphatic heterocycles. The topological polar surface area (TPSA) is 73.5 Å². The molecule has 3 N–H and O–H groups in total. The fourth-order valence-corrected chi connectivity index (χ4v) is 5.36. The van der Waals surface area contributed by atoms with E-state index in [0.29, 0.717) is 28.7 Å². The largest absolute Gasteiger partial charge is 0.419 e. The standard InChI is InChI=1S/C28H32Cl2F4N4O2/c29-23-6-4-17(14-24(23)30)20-16-21(20)26(39)35-10-2-1-3-11-38-12-8-18(9-13-38)36-27(40)37-19-5-7-25(31)22(15-19)28(32,33)34/h4-7,14-15,18,20-21H,1-3,8-13,16H2,(H,35,39)(H2,36,37,40)/t20-,21+/m0/s1. The Labute approximate surface area is 240 Å². The van der Waals surface area contributed by atoms with Crippen molar-refractivity contribution in [3.8, 4) is 0 Å². The molecule has 12 heteroatoms. The number of unbranched alkanes of at least 4 members (excludes halogenated alkanes) is 2. The normalized spacial score (nSPS) is 19.8. The molecule has 3 amide bonds. The Kier molecular flexibility index (Phi) is 10.2. The molecule has 2 fully saturated rings. The Morgan fingerprint density at radius 2 is 1.73 bits per heavy atom. The summed E-state index contributed by atoms with van der Waals surface area (Å²) in [4.78, 5) is 27.0. The van der Waals surface area contributed by atoms with Gasteiger partial charge < -0.3 is 20.9 Å². The number of hydrogen-bond donors (Lipinski definition) is 3. The van der Waals surface area contributed by atoms with Gasteiger partial charge in [0.05, 0.1) is 15.6 Å². The number of alkyl halides is 3. The van der Waals surface area contributed by atoms with Crippen molar-refractivity contribution in [2.24, 2.45) is 5.92 Å². The Morgan fingerprint density at radius 1 is 0.975 bits per heavy atom. The number of likely N-dealkylation sites (tertiary alicyclic amines) is 1. The van der Waals surface area contributed by atoms with Gasteiger partial charge in [-0.25, -0.2) is 9.18 Å². The maximum Gasteiger partial charge on any atom is 0.419 e. The van der Waals surface area contributed by atoms with E-state index in [1.165, 1.54) is 0 Å². The highest BCUT2D eigenvalue weighted by molar-refractivity contribution is 6.42. The number of carbonyl (C=O) groups excluding carboxylic acids is 2. The molecule has 2 aliphatic rings. The lowest BCUT2D eigenvalue weighted by Crippen LogP contribution is -2.46. The van der Waals surface area contributed by atoms with E-state index >= 15 is 0 Å². The van der Waals surface area contributed by atoms with Crippen LogP contribution in [-0.2, 0) is 11.0 Å². The first-order chi connectivity index (χ1) is 19.0. The second kappa shape index (κ2) is 13.4. The maximum atomic E-state index is 13.4. The van der Waals surface area contributed by atoms with Crippen LogP contribution in [0.3, 0.4) is 0 Å².